The van der Waals surface area contributed by atoms with E-state index < -0.39 is 12.0 Å². The molecule has 0 aromatic heterocycles. The van der Waals surface area contributed by atoms with Gasteiger partial charge in [-0.2, -0.15) is 0 Å². The van der Waals surface area contributed by atoms with Crippen molar-refractivity contribution in [1.29, 1.82) is 0 Å². The number of carboxylic acids is 1. The third kappa shape index (κ3) is 3.93. The first-order chi connectivity index (χ1) is 10.1. The van der Waals surface area contributed by atoms with Crippen LogP contribution in [0, 0.1) is 0 Å². The predicted molar refractivity (Wildman–Crippen MR) is 76.5 cm³/mol. The molecule has 2 aliphatic heterocycles. The highest BCUT2D eigenvalue weighted by Gasteiger charge is 2.29. The highest BCUT2D eigenvalue weighted by molar-refractivity contribution is 5.86. The van der Waals surface area contributed by atoms with Crippen LogP contribution < -0.4 is 0 Å². The third-order valence-corrected chi connectivity index (χ3v) is 3.73. The highest BCUT2D eigenvalue weighted by atomic mass is 16.4. The topological polar surface area (TPSA) is 77.9 Å². The normalized spacial score (nSPS) is 20.3. The molecule has 1 N–H and O–H groups in total. The van der Waals surface area contributed by atoms with Crippen LogP contribution in [-0.2, 0) is 14.4 Å². The fourth-order valence-corrected chi connectivity index (χ4v) is 2.53. The Morgan fingerprint density at radius 1 is 0.952 bits per heavy atom. The molecule has 0 radical (unpaired) electrons. The second-order valence-corrected chi connectivity index (χ2v) is 5.23. The van der Waals surface area contributed by atoms with Gasteiger partial charge in [-0.3, -0.25) is 9.59 Å². The lowest BCUT2D eigenvalue weighted by atomic mass is 10.1. The summed E-state index contributed by atoms with van der Waals surface area (Å²) < 4.78 is 0. The van der Waals surface area contributed by atoms with Gasteiger partial charge in [-0.1, -0.05) is 24.3 Å². The molecular formula is C15H20N2O4. The minimum atomic E-state index is -1.01. The largest absolute Gasteiger partial charge is 0.479 e. The number of carbonyl (C=O) groups is 3. The lowest BCUT2D eigenvalue weighted by Crippen LogP contribution is -2.40. The maximum Gasteiger partial charge on any atom is 0.330 e. The molecule has 114 valence electrons. The summed E-state index contributed by atoms with van der Waals surface area (Å²) in [7, 11) is 0. The SMILES string of the molecule is O=C(O)[C@H]1C=CCN1C(=O)CCCCC(=O)N1CC=CC1. The molecule has 0 bridgehead atoms. The Labute approximate surface area is 123 Å². The summed E-state index contributed by atoms with van der Waals surface area (Å²) in [6.07, 6.45) is 9.15. The van der Waals surface area contributed by atoms with Crippen LogP contribution in [-0.4, -0.2) is 58.4 Å². The van der Waals surface area contributed by atoms with E-state index in [2.05, 4.69) is 0 Å². The van der Waals surface area contributed by atoms with Crippen molar-refractivity contribution in [3.8, 4) is 0 Å². The Kier molecular flexibility index (Phi) is 5.14. The van der Waals surface area contributed by atoms with Gasteiger partial charge in [0.05, 0.1) is 0 Å². The van der Waals surface area contributed by atoms with Crippen LogP contribution in [0.4, 0.5) is 0 Å². The van der Waals surface area contributed by atoms with Crippen molar-refractivity contribution < 1.29 is 19.5 Å². The Bertz CT molecular complexity index is 476. The van der Waals surface area contributed by atoms with Crippen LogP contribution in [0.3, 0.4) is 0 Å². The molecule has 2 heterocycles. The van der Waals surface area contributed by atoms with E-state index in [1.807, 2.05) is 12.2 Å². The standard InChI is InChI=1S/C15H20N2O4/c18-13(16-9-3-4-10-16)7-1-2-8-14(19)17-11-5-6-12(17)15(20)21/h3-6,12H,1-2,7-11H2,(H,20,21)/t12-/m1/s1. The Morgan fingerprint density at radius 2 is 1.57 bits per heavy atom. The summed E-state index contributed by atoms with van der Waals surface area (Å²) in [6, 6.07) is -0.838. The van der Waals surface area contributed by atoms with Gasteiger partial charge in [0.15, 0.2) is 0 Å². The number of carboxylic acid groups (broad SMARTS) is 1. The van der Waals surface area contributed by atoms with Crippen LogP contribution >= 0.6 is 0 Å². The fourth-order valence-electron chi connectivity index (χ4n) is 2.53. The van der Waals surface area contributed by atoms with Gasteiger partial charge < -0.3 is 14.9 Å². The van der Waals surface area contributed by atoms with Crippen LogP contribution in [0.5, 0.6) is 0 Å². The number of aliphatic carboxylic acids is 1. The maximum atomic E-state index is 12.0. The smallest absolute Gasteiger partial charge is 0.330 e. The third-order valence-electron chi connectivity index (χ3n) is 3.73. The van der Waals surface area contributed by atoms with Gasteiger partial charge in [0, 0.05) is 32.5 Å². The molecule has 0 saturated carbocycles. The van der Waals surface area contributed by atoms with Crippen molar-refractivity contribution in [3.05, 3.63) is 24.3 Å². The van der Waals surface area contributed by atoms with Crippen molar-refractivity contribution in [2.24, 2.45) is 0 Å². The second-order valence-electron chi connectivity index (χ2n) is 5.23. The fraction of sp³-hybridized carbons (Fsp3) is 0.533. The van der Waals surface area contributed by atoms with Gasteiger partial charge in [0.25, 0.3) is 0 Å². The van der Waals surface area contributed by atoms with Crippen molar-refractivity contribution >= 4 is 17.8 Å². The zero-order valence-electron chi connectivity index (χ0n) is 11.9. The quantitative estimate of drug-likeness (QED) is 0.580. The highest BCUT2D eigenvalue weighted by Crippen LogP contribution is 2.14. The van der Waals surface area contributed by atoms with E-state index in [1.165, 1.54) is 11.0 Å². The molecule has 21 heavy (non-hydrogen) atoms. The van der Waals surface area contributed by atoms with Crippen LogP contribution in [0.1, 0.15) is 25.7 Å². The molecule has 1 atom stereocenters. The van der Waals surface area contributed by atoms with E-state index in [4.69, 9.17) is 5.11 Å². The molecule has 2 aliphatic rings. The molecule has 0 aliphatic carbocycles. The number of nitrogens with zero attached hydrogens (tertiary/aromatic N) is 2. The average molecular weight is 292 g/mol. The molecule has 0 fully saturated rings. The molecule has 0 aromatic rings. The number of amides is 2. The van der Waals surface area contributed by atoms with E-state index in [1.54, 1.807) is 11.0 Å². The first kappa shape index (κ1) is 15.3. The van der Waals surface area contributed by atoms with E-state index in [9.17, 15) is 14.4 Å². The zero-order valence-corrected chi connectivity index (χ0v) is 11.9. The van der Waals surface area contributed by atoms with Gasteiger partial charge in [-0.25, -0.2) is 4.79 Å². The Hall–Kier alpha value is -2.11. The summed E-state index contributed by atoms with van der Waals surface area (Å²) in [4.78, 5) is 37.9. The molecule has 0 spiro atoms. The molecule has 0 unspecified atom stereocenters. The van der Waals surface area contributed by atoms with Gasteiger partial charge in [0.2, 0.25) is 11.8 Å². The van der Waals surface area contributed by atoms with Gasteiger partial charge in [-0.15, -0.1) is 0 Å². The predicted octanol–water partition coefficient (Wildman–Crippen LogP) is 0.797. The number of unbranched alkanes of at least 4 members (excludes halogenated alkanes) is 1. The Morgan fingerprint density at radius 3 is 2.19 bits per heavy atom. The molecule has 6 nitrogen and oxygen atoms in total. The van der Waals surface area contributed by atoms with Gasteiger partial charge in [0.1, 0.15) is 6.04 Å². The van der Waals surface area contributed by atoms with Crippen molar-refractivity contribution in [2.45, 2.75) is 31.7 Å². The van der Waals surface area contributed by atoms with Crippen LogP contribution in [0.25, 0.3) is 0 Å². The number of hydrogen-bond donors (Lipinski definition) is 1. The maximum absolute atomic E-state index is 12.0. The molecular weight excluding hydrogens is 272 g/mol. The van der Waals surface area contributed by atoms with E-state index >= 15 is 0 Å². The van der Waals surface area contributed by atoms with E-state index in [0.29, 0.717) is 38.9 Å². The van der Waals surface area contributed by atoms with Crippen molar-refractivity contribution in [2.75, 3.05) is 19.6 Å². The Balaban J connectivity index is 1.65. The summed E-state index contributed by atoms with van der Waals surface area (Å²) >= 11 is 0. The first-order valence-electron chi connectivity index (χ1n) is 7.21. The van der Waals surface area contributed by atoms with E-state index in [-0.39, 0.29) is 18.2 Å². The minimum Gasteiger partial charge on any atom is -0.479 e. The second kappa shape index (κ2) is 7.06. The summed E-state index contributed by atoms with van der Waals surface area (Å²) in [5, 5.41) is 9.00. The summed E-state index contributed by atoms with van der Waals surface area (Å²) in [6.45, 7) is 1.71. The lowest BCUT2D eigenvalue weighted by molar-refractivity contribution is -0.147. The number of carbonyl (C=O) groups excluding carboxylic acids is 2. The number of hydrogen-bond acceptors (Lipinski definition) is 3. The molecule has 2 rings (SSSR count). The zero-order chi connectivity index (χ0) is 15.2. The van der Waals surface area contributed by atoms with Crippen molar-refractivity contribution in [3.63, 3.8) is 0 Å². The van der Waals surface area contributed by atoms with Crippen molar-refractivity contribution in [1.82, 2.24) is 9.80 Å². The molecule has 0 saturated heterocycles. The van der Waals surface area contributed by atoms with Gasteiger partial charge >= 0.3 is 5.97 Å². The monoisotopic (exact) mass is 292 g/mol. The minimum absolute atomic E-state index is 0.110. The summed E-state index contributed by atoms with van der Waals surface area (Å²) in [5.41, 5.74) is 0. The first-order valence-corrected chi connectivity index (χ1v) is 7.21. The molecule has 0 aromatic carbocycles. The van der Waals surface area contributed by atoms with E-state index in [0.717, 1.165) is 0 Å². The summed E-state index contributed by atoms with van der Waals surface area (Å²) in [5.74, 6) is -1.06. The van der Waals surface area contributed by atoms with Crippen LogP contribution in [0.15, 0.2) is 24.3 Å². The average Bonchev–Trinajstić information content (AvgIpc) is 3.12. The molecule has 2 amide bonds. The van der Waals surface area contributed by atoms with Crippen LogP contribution in [0.2, 0.25) is 0 Å². The lowest BCUT2D eigenvalue weighted by Gasteiger charge is -2.21. The molecule has 6 heteroatoms. The number of rotatable bonds is 6. The van der Waals surface area contributed by atoms with Gasteiger partial charge in [-0.05, 0) is 12.8 Å².